The molecule has 82 valence electrons. The minimum atomic E-state index is 0.682. The number of rotatable bonds is 3. The molecule has 1 aromatic carbocycles. The molecule has 0 saturated carbocycles. The van der Waals surface area contributed by atoms with Crippen molar-refractivity contribution in [3.05, 3.63) is 53.3 Å². The Balaban J connectivity index is 2.02. The van der Waals surface area contributed by atoms with E-state index in [1.807, 2.05) is 13.0 Å². The highest BCUT2D eigenvalue weighted by Gasteiger charge is 1.96. The molecule has 0 fully saturated rings. The Labute approximate surface area is 95.6 Å². The van der Waals surface area contributed by atoms with E-state index in [2.05, 4.69) is 46.5 Å². The van der Waals surface area contributed by atoms with E-state index in [0.29, 0.717) is 5.95 Å². The number of anilines is 1. The van der Waals surface area contributed by atoms with E-state index in [0.717, 1.165) is 12.2 Å². The summed E-state index contributed by atoms with van der Waals surface area (Å²) in [7, 11) is 0. The topological polar surface area (TPSA) is 37.8 Å². The number of aryl methyl sites for hydroxylation is 2. The Morgan fingerprint density at radius 1 is 1.19 bits per heavy atom. The molecule has 0 amide bonds. The van der Waals surface area contributed by atoms with Crippen LogP contribution in [0.25, 0.3) is 0 Å². The summed E-state index contributed by atoms with van der Waals surface area (Å²) in [5.74, 6) is 0.682. The molecule has 0 aliphatic carbocycles. The molecule has 2 aromatic rings. The second-order valence-electron chi connectivity index (χ2n) is 3.86. The van der Waals surface area contributed by atoms with E-state index < -0.39 is 0 Å². The molecule has 3 nitrogen and oxygen atoms in total. The lowest BCUT2D eigenvalue weighted by atomic mass is 10.1. The van der Waals surface area contributed by atoms with Crippen LogP contribution < -0.4 is 5.32 Å². The molecular formula is C13H15N3. The van der Waals surface area contributed by atoms with Crippen molar-refractivity contribution in [2.24, 2.45) is 0 Å². The van der Waals surface area contributed by atoms with Crippen molar-refractivity contribution in [1.29, 1.82) is 0 Å². The van der Waals surface area contributed by atoms with Gasteiger partial charge in [0.25, 0.3) is 0 Å². The summed E-state index contributed by atoms with van der Waals surface area (Å²) in [6.07, 6.45) is 1.76. The number of aromatic nitrogens is 2. The molecule has 1 aromatic heterocycles. The summed E-state index contributed by atoms with van der Waals surface area (Å²) in [5, 5.41) is 3.21. The molecular weight excluding hydrogens is 198 g/mol. The minimum Gasteiger partial charge on any atom is -0.350 e. The van der Waals surface area contributed by atoms with Crippen LogP contribution in [0, 0.1) is 13.8 Å². The first-order valence-electron chi connectivity index (χ1n) is 5.33. The molecule has 0 spiro atoms. The minimum absolute atomic E-state index is 0.682. The Kier molecular flexibility index (Phi) is 3.15. The van der Waals surface area contributed by atoms with Gasteiger partial charge in [-0.25, -0.2) is 9.97 Å². The van der Waals surface area contributed by atoms with Crippen LogP contribution in [-0.4, -0.2) is 9.97 Å². The van der Waals surface area contributed by atoms with Gasteiger partial charge in [0, 0.05) is 18.4 Å². The van der Waals surface area contributed by atoms with Gasteiger partial charge in [-0.2, -0.15) is 0 Å². The van der Waals surface area contributed by atoms with Crippen LogP contribution in [0.15, 0.2) is 36.5 Å². The largest absolute Gasteiger partial charge is 0.350 e. The smallest absolute Gasteiger partial charge is 0.223 e. The first-order valence-corrected chi connectivity index (χ1v) is 5.33. The van der Waals surface area contributed by atoms with Crippen LogP contribution in [0.1, 0.15) is 16.8 Å². The molecule has 0 atom stereocenters. The van der Waals surface area contributed by atoms with E-state index in [1.54, 1.807) is 6.20 Å². The zero-order valence-corrected chi connectivity index (χ0v) is 9.57. The molecule has 0 radical (unpaired) electrons. The first kappa shape index (κ1) is 10.6. The predicted molar refractivity (Wildman–Crippen MR) is 65.3 cm³/mol. The summed E-state index contributed by atoms with van der Waals surface area (Å²) in [5.41, 5.74) is 3.48. The van der Waals surface area contributed by atoms with Crippen LogP contribution >= 0.6 is 0 Å². The van der Waals surface area contributed by atoms with Crippen molar-refractivity contribution in [1.82, 2.24) is 9.97 Å². The Morgan fingerprint density at radius 3 is 2.81 bits per heavy atom. The average Bonchev–Trinajstić information content (AvgIpc) is 2.27. The lowest BCUT2D eigenvalue weighted by Gasteiger charge is -2.05. The summed E-state index contributed by atoms with van der Waals surface area (Å²) in [6, 6.07) is 10.3. The maximum atomic E-state index is 4.29. The molecule has 3 heteroatoms. The highest BCUT2D eigenvalue weighted by Crippen LogP contribution is 2.06. The molecule has 0 bridgehead atoms. The van der Waals surface area contributed by atoms with Crippen LogP contribution in [0.3, 0.4) is 0 Å². The van der Waals surface area contributed by atoms with Crippen molar-refractivity contribution < 1.29 is 0 Å². The number of hydrogen-bond donors (Lipinski definition) is 1. The van der Waals surface area contributed by atoms with Gasteiger partial charge in [-0.3, -0.25) is 0 Å². The van der Waals surface area contributed by atoms with Crippen molar-refractivity contribution in [3.63, 3.8) is 0 Å². The number of nitrogens with zero attached hydrogens (tertiary/aromatic N) is 2. The second kappa shape index (κ2) is 4.75. The number of nitrogens with one attached hydrogen (secondary N) is 1. The summed E-state index contributed by atoms with van der Waals surface area (Å²) >= 11 is 0. The summed E-state index contributed by atoms with van der Waals surface area (Å²) in [6.45, 7) is 4.80. The van der Waals surface area contributed by atoms with Crippen LogP contribution in [0.5, 0.6) is 0 Å². The maximum absolute atomic E-state index is 4.29. The van der Waals surface area contributed by atoms with E-state index >= 15 is 0 Å². The molecule has 1 heterocycles. The highest BCUT2D eigenvalue weighted by atomic mass is 15.1. The Morgan fingerprint density at radius 2 is 2.06 bits per heavy atom. The van der Waals surface area contributed by atoms with Crippen molar-refractivity contribution in [3.8, 4) is 0 Å². The molecule has 16 heavy (non-hydrogen) atoms. The van der Waals surface area contributed by atoms with E-state index in [4.69, 9.17) is 0 Å². The zero-order chi connectivity index (χ0) is 11.4. The highest BCUT2D eigenvalue weighted by molar-refractivity contribution is 5.29. The Bertz CT molecular complexity index is 435. The van der Waals surface area contributed by atoms with Gasteiger partial charge in [0.15, 0.2) is 0 Å². The van der Waals surface area contributed by atoms with Crippen LogP contribution in [0.4, 0.5) is 5.95 Å². The molecule has 1 N–H and O–H groups in total. The van der Waals surface area contributed by atoms with Gasteiger partial charge in [-0.1, -0.05) is 29.8 Å². The summed E-state index contributed by atoms with van der Waals surface area (Å²) < 4.78 is 0. The fourth-order valence-electron chi connectivity index (χ4n) is 1.54. The van der Waals surface area contributed by atoms with Gasteiger partial charge < -0.3 is 5.32 Å². The van der Waals surface area contributed by atoms with E-state index in [1.165, 1.54) is 11.1 Å². The third kappa shape index (κ3) is 2.79. The second-order valence-corrected chi connectivity index (χ2v) is 3.86. The quantitative estimate of drug-likeness (QED) is 0.851. The van der Waals surface area contributed by atoms with Crippen molar-refractivity contribution >= 4 is 5.95 Å². The van der Waals surface area contributed by atoms with Gasteiger partial charge in [0.2, 0.25) is 5.95 Å². The SMILES string of the molecule is Cc1cccc(CNc2nccc(C)n2)c1. The molecule has 0 aliphatic heterocycles. The third-order valence-corrected chi connectivity index (χ3v) is 2.33. The van der Waals surface area contributed by atoms with Gasteiger partial charge in [-0.15, -0.1) is 0 Å². The zero-order valence-electron chi connectivity index (χ0n) is 9.57. The van der Waals surface area contributed by atoms with Crippen molar-refractivity contribution in [2.75, 3.05) is 5.32 Å². The summed E-state index contributed by atoms with van der Waals surface area (Å²) in [4.78, 5) is 8.44. The Hall–Kier alpha value is -1.90. The number of hydrogen-bond acceptors (Lipinski definition) is 3. The normalized spacial score (nSPS) is 10.1. The molecule has 0 aliphatic rings. The molecule has 0 saturated heterocycles. The van der Waals surface area contributed by atoms with Gasteiger partial charge in [0.1, 0.15) is 0 Å². The fraction of sp³-hybridized carbons (Fsp3) is 0.231. The van der Waals surface area contributed by atoms with Crippen molar-refractivity contribution in [2.45, 2.75) is 20.4 Å². The van der Waals surface area contributed by atoms with E-state index in [9.17, 15) is 0 Å². The van der Waals surface area contributed by atoms with Gasteiger partial charge in [0.05, 0.1) is 0 Å². The molecule has 0 unspecified atom stereocenters. The molecule has 2 rings (SSSR count). The lowest BCUT2D eigenvalue weighted by molar-refractivity contribution is 1.03. The lowest BCUT2D eigenvalue weighted by Crippen LogP contribution is -2.03. The first-order chi connectivity index (χ1) is 7.74. The van der Waals surface area contributed by atoms with Crippen LogP contribution in [-0.2, 0) is 6.54 Å². The van der Waals surface area contributed by atoms with Gasteiger partial charge in [-0.05, 0) is 25.5 Å². The van der Waals surface area contributed by atoms with Gasteiger partial charge >= 0.3 is 0 Å². The average molecular weight is 213 g/mol. The fourth-order valence-corrected chi connectivity index (χ4v) is 1.54. The van der Waals surface area contributed by atoms with E-state index in [-0.39, 0.29) is 0 Å². The van der Waals surface area contributed by atoms with Crippen LogP contribution in [0.2, 0.25) is 0 Å². The predicted octanol–water partition coefficient (Wildman–Crippen LogP) is 2.71. The standard InChI is InChI=1S/C13H15N3/c1-10-4-3-5-12(8-10)9-15-13-14-7-6-11(2)16-13/h3-8H,9H2,1-2H3,(H,14,15,16). The third-order valence-electron chi connectivity index (χ3n) is 2.33. The maximum Gasteiger partial charge on any atom is 0.223 e. The number of benzene rings is 1. The monoisotopic (exact) mass is 213 g/mol.